The largest absolute Gasteiger partial charge is 0.504 e. The van der Waals surface area contributed by atoms with E-state index >= 15 is 0 Å². The summed E-state index contributed by atoms with van der Waals surface area (Å²) in [7, 11) is 0. The highest BCUT2D eigenvalue weighted by molar-refractivity contribution is 6.37. The van der Waals surface area contributed by atoms with Crippen LogP contribution in [0.15, 0.2) is 243 Å². The molecule has 632 valence electrons. The fraction of sp³-hybridized carbons (Fsp3) is 0.130. The van der Waals surface area contributed by atoms with Crippen LogP contribution < -0.4 is 21.3 Å². The number of aromatic nitrogens is 8. The molecule has 0 fully saturated rings. The first-order valence-electron chi connectivity index (χ1n) is 38.4. The maximum absolute atomic E-state index is 12.7. The normalized spacial score (nSPS) is 11.0. The number of carbonyl (C=O) groups is 4. The van der Waals surface area contributed by atoms with E-state index in [1.54, 1.807) is 112 Å². The molecule has 8 aromatic heterocycles. The van der Waals surface area contributed by atoms with E-state index in [2.05, 4.69) is 36.2 Å². The number of hydrogen-bond donors (Lipinski definition) is 12. The molecule has 16 aromatic rings. The molecule has 16 rings (SSSR count). The molecule has 0 aliphatic rings. The molecule has 0 saturated carbocycles. The van der Waals surface area contributed by atoms with E-state index in [9.17, 15) is 60.0 Å². The van der Waals surface area contributed by atoms with Crippen molar-refractivity contribution in [2.24, 2.45) is 0 Å². The van der Waals surface area contributed by atoms with Gasteiger partial charge in [0.2, 0.25) is 23.6 Å². The number of nitrogens with zero attached hydrogens (tertiary/aromatic N) is 8. The molecule has 12 N–H and O–H groups in total. The molecule has 32 heteroatoms. The Labute approximate surface area is 749 Å². The average Bonchev–Trinajstić information content (AvgIpc) is 1.65. The van der Waals surface area contributed by atoms with Crippen LogP contribution in [-0.2, 0) is 70.5 Å². The lowest BCUT2D eigenvalue weighted by molar-refractivity contribution is -0.121. The third-order valence-electron chi connectivity index (χ3n) is 19.6. The van der Waals surface area contributed by atoms with E-state index in [4.69, 9.17) is 97.8 Å². The number of hydrogen-bond acceptors (Lipinski definition) is 16. The predicted octanol–water partition coefficient (Wildman–Crippen LogP) is 18.5. The summed E-state index contributed by atoms with van der Waals surface area (Å²) in [5, 5.41) is 91.5. The topological polar surface area (TPSA) is 347 Å². The Morgan fingerprint density at radius 3 is 0.815 bits per heavy atom. The van der Waals surface area contributed by atoms with E-state index in [1.165, 1.54) is 48.5 Å². The van der Waals surface area contributed by atoms with Crippen LogP contribution in [0.1, 0.15) is 45.0 Å². The second-order valence-corrected chi connectivity index (χ2v) is 31.8. The van der Waals surface area contributed by atoms with Crippen molar-refractivity contribution in [2.75, 3.05) is 26.2 Å². The minimum Gasteiger partial charge on any atom is -0.504 e. The van der Waals surface area contributed by atoms with Gasteiger partial charge in [0.1, 0.15) is 11.3 Å². The summed E-state index contributed by atoms with van der Waals surface area (Å²) in [4.78, 5) is 69.5. The Balaban J connectivity index is 0.000000142. The zero-order valence-corrected chi connectivity index (χ0v) is 71.4. The van der Waals surface area contributed by atoms with Crippen molar-refractivity contribution in [1.82, 2.24) is 58.8 Å². The molecule has 0 aliphatic heterocycles. The van der Waals surface area contributed by atoms with Crippen LogP contribution in [0.2, 0.25) is 40.2 Å². The van der Waals surface area contributed by atoms with Crippen molar-refractivity contribution in [3.8, 4) is 91.0 Å². The van der Waals surface area contributed by atoms with Crippen molar-refractivity contribution < 1.29 is 60.0 Å². The number of imidazole rings is 4. The number of benzene rings is 8. The highest BCUT2D eigenvalue weighted by Gasteiger charge is 2.24. The molecule has 0 bridgehead atoms. The zero-order chi connectivity index (χ0) is 87.8. The number of rotatable bonds is 24. The SMILES string of the molecule is O=C(Cc1c(-c2ccc(Cl)cc2)nc2c(Cl)cc(Cl)cn12)NCCc1ccc(O)c(O)c1.O=C(Cc1c(-c2ccc(Cl)cc2)nc2ccc(Cl)cn12)NCCc1ccc(O)c(O)c1.O=C(Cc1c(-c2ccccc2)nc2c(Cl)cc(Cl)cn12)NCCc1ccc(O)c(O)c1.O=C(Cc1c(-c2ccccc2)nc2ccc(Cl)cn12)NCCc1ccc(O)c(O)c1. The van der Waals surface area contributed by atoms with E-state index in [0.29, 0.717) is 137 Å². The van der Waals surface area contributed by atoms with E-state index in [1.807, 2.05) is 99.8 Å². The summed E-state index contributed by atoms with van der Waals surface area (Å²) < 4.78 is 7.16. The van der Waals surface area contributed by atoms with Gasteiger partial charge in [0.15, 0.2) is 57.3 Å². The quantitative estimate of drug-likeness (QED) is 0.0250. The van der Waals surface area contributed by atoms with Crippen molar-refractivity contribution in [1.29, 1.82) is 0 Å². The van der Waals surface area contributed by atoms with Crippen LogP contribution in [0.4, 0.5) is 0 Å². The number of phenolic OH excluding ortho intramolecular Hbond substituents is 8. The van der Waals surface area contributed by atoms with Gasteiger partial charge in [-0.2, -0.15) is 0 Å². The number of nitrogens with one attached hydrogen (secondary N) is 4. The average molecular weight is 1830 g/mol. The number of carbonyl (C=O) groups excluding carboxylic acids is 4. The molecule has 124 heavy (non-hydrogen) atoms. The molecule has 8 heterocycles. The summed E-state index contributed by atoms with van der Waals surface area (Å²) in [5.41, 5.74) is 14.7. The fourth-order valence-corrected chi connectivity index (χ4v) is 15.1. The first kappa shape index (κ1) is 88.9. The van der Waals surface area contributed by atoms with Gasteiger partial charge >= 0.3 is 0 Å². The Kier molecular flexibility index (Phi) is 29.3. The van der Waals surface area contributed by atoms with Crippen LogP contribution in [0.25, 0.3) is 67.6 Å². The van der Waals surface area contributed by atoms with Gasteiger partial charge in [0.05, 0.1) is 101 Å². The second kappa shape index (κ2) is 40.9. The second-order valence-electron chi connectivity index (χ2n) is 28.3. The summed E-state index contributed by atoms with van der Waals surface area (Å²) >= 11 is 49.4. The molecule has 0 radical (unpaired) electrons. The molecule has 4 amide bonds. The molecule has 0 spiro atoms. The number of pyridine rings is 4. The molecular weight excluding hydrogens is 1750 g/mol. The van der Waals surface area contributed by atoms with Gasteiger partial charge in [-0.15, -0.1) is 0 Å². The summed E-state index contributed by atoms with van der Waals surface area (Å²) in [6.45, 7) is 1.53. The van der Waals surface area contributed by atoms with Gasteiger partial charge < -0.3 is 79.7 Å². The Morgan fingerprint density at radius 1 is 0.266 bits per heavy atom. The first-order chi connectivity index (χ1) is 59.6. The lowest BCUT2D eigenvalue weighted by Crippen LogP contribution is -2.27. The van der Waals surface area contributed by atoms with Gasteiger partial charge in [0, 0.05) is 83.3 Å². The Morgan fingerprint density at radius 2 is 0.524 bits per heavy atom. The third kappa shape index (κ3) is 22.7. The maximum atomic E-state index is 12.7. The number of phenols is 8. The molecule has 0 unspecified atom stereocenters. The van der Waals surface area contributed by atoms with Gasteiger partial charge in [-0.1, -0.05) is 202 Å². The number of aromatic hydroxyl groups is 8. The highest BCUT2D eigenvalue weighted by atomic mass is 35.5. The van der Waals surface area contributed by atoms with Gasteiger partial charge in [-0.05, 0) is 157 Å². The van der Waals surface area contributed by atoms with E-state index in [0.717, 1.165) is 67.2 Å². The van der Waals surface area contributed by atoms with Crippen LogP contribution in [0.5, 0.6) is 46.0 Å². The lowest BCUT2D eigenvalue weighted by atomic mass is 10.1. The lowest BCUT2D eigenvalue weighted by Gasteiger charge is -2.09. The van der Waals surface area contributed by atoms with Crippen LogP contribution in [0, 0.1) is 0 Å². The molecule has 0 atom stereocenters. The van der Waals surface area contributed by atoms with E-state index in [-0.39, 0.29) is 95.3 Å². The Bertz CT molecular complexity index is 6590. The highest BCUT2D eigenvalue weighted by Crippen LogP contribution is 2.36. The van der Waals surface area contributed by atoms with Crippen LogP contribution >= 0.6 is 92.8 Å². The van der Waals surface area contributed by atoms with Gasteiger partial charge in [-0.3, -0.25) is 19.2 Å². The van der Waals surface area contributed by atoms with Gasteiger partial charge in [-0.25, -0.2) is 19.9 Å². The summed E-state index contributed by atoms with van der Waals surface area (Å²) in [5.74, 6) is -2.12. The van der Waals surface area contributed by atoms with E-state index < -0.39 is 0 Å². The summed E-state index contributed by atoms with van der Waals surface area (Å²) in [6.07, 6.45) is 9.33. The monoisotopic (exact) mass is 1820 g/mol. The predicted molar refractivity (Wildman–Crippen MR) is 483 cm³/mol. The standard InChI is InChI=1S/C23H18Cl3N3O3.2C23H19Cl2N3O3.C23H20ClN3O3/c24-15-4-2-14(3-5-15)22-18(29-12-16(25)10-17(26)23(29)28-22)11-21(32)27-8-7-13-1-6-19(30)20(31)9-13;24-16-4-2-15(3-5-16)23-18(28-13-17(25)6-8-21(28)27-23)12-22(31)26-10-9-14-1-7-19(29)20(30)11-14;24-16-11-17(25)23-27-22(15-4-2-1-3-5-15)18(28(23)13-16)12-21(31)26-9-8-14-6-7-19(29)20(30)10-14;24-17-7-9-21-26-23(16-4-2-1-3-5-16)18(27(21)14-17)13-22(30)25-11-10-15-6-8-19(28)20(29)12-15/h1-6,9-10,12,30-31H,7-8,11H2,(H,27,32);1-8,11,13,29-30H,9-10,12H2,(H,26,31);1-7,10-11,13,29-30H,8-9,12H2,(H,26,31);1-9,12,14,28-29H,10-11,13H2,(H,25,30). The van der Waals surface area contributed by atoms with Crippen LogP contribution in [-0.4, -0.2) is 128 Å². The van der Waals surface area contributed by atoms with Crippen molar-refractivity contribution >= 4 is 139 Å². The number of amides is 4. The fourth-order valence-electron chi connectivity index (χ4n) is 13.5. The molecule has 0 saturated heterocycles. The molecule has 8 aromatic carbocycles. The minimum absolute atomic E-state index is 0.0522. The molecular formula is C92H76Cl8N12O12. The smallest absolute Gasteiger partial charge is 0.226 e. The Hall–Kier alpha value is -12.9. The minimum atomic E-state index is -0.207. The number of fused-ring (bicyclic) bond motifs is 4. The molecule has 0 aliphatic carbocycles. The van der Waals surface area contributed by atoms with Crippen molar-refractivity contribution in [3.63, 3.8) is 0 Å². The maximum Gasteiger partial charge on any atom is 0.226 e. The number of halogens is 8. The van der Waals surface area contributed by atoms with Crippen molar-refractivity contribution in [3.05, 3.63) is 328 Å². The molecule has 24 nitrogen and oxygen atoms in total. The third-order valence-corrected chi connectivity index (χ3v) is 21.5. The zero-order valence-electron chi connectivity index (χ0n) is 65.4. The first-order valence-corrected chi connectivity index (χ1v) is 41.5. The van der Waals surface area contributed by atoms with Crippen molar-refractivity contribution in [2.45, 2.75) is 51.4 Å². The summed E-state index contributed by atoms with van der Waals surface area (Å²) in [6, 6.07) is 62.6. The van der Waals surface area contributed by atoms with Gasteiger partial charge in [0.25, 0.3) is 0 Å². The van der Waals surface area contributed by atoms with Crippen LogP contribution in [0.3, 0.4) is 0 Å².